The van der Waals surface area contributed by atoms with Crippen LogP contribution >= 0.6 is 0 Å². The Balaban J connectivity index is 2.14. The van der Waals surface area contributed by atoms with Crippen molar-refractivity contribution in [1.29, 1.82) is 5.53 Å². The standard InChI is InChI=1S/C18H23FN6O/c1-4-17(25(3)10-13-9-22-12(2)23-18(13)20)16(24-21)11-26-15-7-5-14(19)6-8-15/h5-9,21H,4,10-11H2,1-3H3,(H2,20,22,23). The second kappa shape index (κ2) is 8.89. The molecule has 2 aromatic rings. The van der Waals surface area contributed by atoms with Crippen molar-refractivity contribution in [3.05, 3.63) is 59.1 Å². The molecule has 1 aromatic carbocycles. The molecule has 7 nitrogen and oxygen atoms in total. The number of rotatable bonds is 8. The van der Waals surface area contributed by atoms with Gasteiger partial charge in [-0.15, -0.1) is 0 Å². The van der Waals surface area contributed by atoms with Crippen molar-refractivity contribution in [3.63, 3.8) is 0 Å². The molecule has 0 atom stereocenters. The fourth-order valence-electron chi connectivity index (χ4n) is 2.54. The van der Waals surface area contributed by atoms with Gasteiger partial charge < -0.3 is 15.4 Å². The summed E-state index contributed by atoms with van der Waals surface area (Å²) in [7, 11) is 1.89. The largest absolute Gasteiger partial charge is 0.487 e. The van der Waals surface area contributed by atoms with Crippen LogP contribution in [-0.2, 0) is 6.54 Å². The summed E-state index contributed by atoms with van der Waals surface area (Å²) in [4.78, 5) is 10.3. The van der Waals surface area contributed by atoms with Crippen molar-refractivity contribution in [3.8, 4) is 5.75 Å². The van der Waals surface area contributed by atoms with Gasteiger partial charge in [0.15, 0.2) is 0 Å². The molecule has 0 saturated heterocycles. The average Bonchev–Trinajstić information content (AvgIpc) is 2.62. The maximum absolute atomic E-state index is 13.0. The molecule has 0 radical (unpaired) electrons. The van der Waals surface area contributed by atoms with E-state index in [1.165, 1.54) is 24.3 Å². The summed E-state index contributed by atoms with van der Waals surface area (Å²) >= 11 is 0. The Labute approximate surface area is 152 Å². The Morgan fingerprint density at radius 1 is 1.35 bits per heavy atom. The van der Waals surface area contributed by atoms with Gasteiger partial charge in [-0.1, -0.05) is 6.92 Å². The highest BCUT2D eigenvalue weighted by molar-refractivity contribution is 5.37. The van der Waals surface area contributed by atoms with E-state index in [0.29, 0.717) is 36.1 Å². The summed E-state index contributed by atoms with van der Waals surface area (Å²) in [5.41, 5.74) is 15.6. The first-order valence-electron chi connectivity index (χ1n) is 8.21. The van der Waals surface area contributed by atoms with Crippen molar-refractivity contribution in [1.82, 2.24) is 14.9 Å². The fourth-order valence-corrected chi connectivity index (χ4v) is 2.54. The molecular formula is C18H23FN6O. The number of allylic oxidation sites excluding steroid dienone is 1. The molecule has 0 spiro atoms. The number of hydrogen-bond donors (Lipinski definition) is 2. The molecule has 3 N–H and O–H groups in total. The van der Waals surface area contributed by atoms with Crippen LogP contribution in [0.2, 0.25) is 0 Å². The van der Waals surface area contributed by atoms with Crippen LogP contribution in [0.15, 0.2) is 47.0 Å². The van der Waals surface area contributed by atoms with Crippen molar-refractivity contribution in [2.75, 3.05) is 19.4 Å². The Hall–Kier alpha value is -3.03. The van der Waals surface area contributed by atoms with E-state index >= 15 is 0 Å². The predicted molar refractivity (Wildman–Crippen MR) is 97.0 cm³/mol. The van der Waals surface area contributed by atoms with Gasteiger partial charge in [0, 0.05) is 31.0 Å². The molecule has 0 aliphatic carbocycles. The van der Waals surface area contributed by atoms with Gasteiger partial charge >= 0.3 is 0 Å². The van der Waals surface area contributed by atoms with Crippen LogP contribution in [0.4, 0.5) is 10.2 Å². The van der Waals surface area contributed by atoms with Crippen LogP contribution in [0, 0.1) is 18.3 Å². The quantitative estimate of drug-likeness (QED) is 0.701. The Bertz CT molecular complexity index is 791. The lowest BCUT2D eigenvalue weighted by Crippen LogP contribution is -2.21. The third kappa shape index (κ3) is 4.98. The monoisotopic (exact) mass is 358 g/mol. The van der Waals surface area contributed by atoms with Gasteiger partial charge in [0.2, 0.25) is 0 Å². The number of nitrogens with zero attached hydrogens (tertiary/aromatic N) is 4. The number of anilines is 1. The summed E-state index contributed by atoms with van der Waals surface area (Å²) in [6.45, 7) is 4.36. The topological polar surface area (TPSA) is 100 Å². The Morgan fingerprint density at radius 2 is 2.04 bits per heavy atom. The minimum atomic E-state index is -0.329. The van der Waals surface area contributed by atoms with Gasteiger partial charge in [0.1, 0.15) is 35.5 Å². The van der Waals surface area contributed by atoms with E-state index in [2.05, 4.69) is 15.1 Å². The minimum Gasteiger partial charge on any atom is -0.487 e. The molecule has 0 saturated carbocycles. The number of ether oxygens (including phenoxy) is 1. The molecular weight excluding hydrogens is 335 g/mol. The molecule has 26 heavy (non-hydrogen) atoms. The number of benzene rings is 1. The number of aryl methyl sites for hydroxylation is 1. The zero-order chi connectivity index (χ0) is 19.1. The third-order valence-corrected chi connectivity index (χ3v) is 3.88. The summed E-state index contributed by atoms with van der Waals surface area (Å²) in [6, 6.07) is 5.72. The zero-order valence-corrected chi connectivity index (χ0v) is 15.2. The van der Waals surface area contributed by atoms with Crippen LogP contribution < -0.4 is 10.5 Å². The number of nitrogens with one attached hydrogen (secondary N) is 1. The summed E-state index contributed by atoms with van der Waals surface area (Å²) in [5, 5.41) is 3.62. The van der Waals surface area contributed by atoms with E-state index < -0.39 is 0 Å². The highest BCUT2D eigenvalue weighted by atomic mass is 19.1. The van der Waals surface area contributed by atoms with Crippen LogP contribution in [-0.4, -0.2) is 28.5 Å². The van der Waals surface area contributed by atoms with E-state index in [4.69, 9.17) is 16.0 Å². The van der Waals surface area contributed by atoms with Crippen LogP contribution in [0.3, 0.4) is 0 Å². The van der Waals surface area contributed by atoms with E-state index in [-0.39, 0.29) is 12.4 Å². The molecule has 2 rings (SSSR count). The fraction of sp³-hybridized carbons (Fsp3) is 0.333. The van der Waals surface area contributed by atoms with Crippen molar-refractivity contribution >= 4 is 5.82 Å². The lowest BCUT2D eigenvalue weighted by molar-refractivity contribution is 0.329. The molecule has 0 aliphatic rings. The van der Waals surface area contributed by atoms with Crippen molar-refractivity contribution < 1.29 is 9.13 Å². The van der Waals surface area contributed by atoms with E-state index in [0.717, 1.165) is 11.3 Å². The number of nitrogen functional groups attached to an aromatic ring is 1. The third-order valence-electron chi connectivity index (χ3n) is 3.88. The molecule has 8 heteroatoms. The Morgan fingerprint density at radius 3 is 2.62 bits per heavy atom. The van der Waals surface area contributed by atoms with E-state index in [1.54, 1.807) is 13.1 Å². The first kappa shape index (κ1) is 19.3. The lowest BCUT2D eigenvalue weighted by Gasteiger charge is -2.24. The maximum Gasteiger partial charge on any atom is 0.134 e. The smallest absolute Gasteiger partial charge is 0.134 e. The normalized spacial score (nSPS) is 11.7. The lowest BCUT2D eigenvalue weighted by atomic mass is 10.2. The van der Waals surface area contributed by atoms with Gasteiger partial charge in [0.05, 0.1) is 0 Å². The van der Waals surface area contributed by atoms with Gasteiger partial charge in [-0.05, 0) is 37.6 Å². The van der Waals surface area contributed by atoms with Crippen LogP contribution in [0.1, 0.15) is 24.7 Å². The van der Waals surface area contributed by atoms with Gasteiger partial charge in [-0.2, -0.15) is 5.11 Å². The molecule has 1 heterocycles. The number of hydrogen-bond acceptors (Lipinski definition) is 7. The minimum absolute atomic E-state index is 0.114. The predicted octanol–water partition coefficient (Wildman–Crippen LogP) is 3.67. The van der Waals surface area contributed by atoms with E-state index in [1.807, 2.05) is 18.9 Å². The zero-order valence-electron chi connectivity index (χ0n) is 15.2. The van der Waals surface area contributed by atoms with Gasteiger partial charge in [-0.3, -0.25) is 0 Å². The molecule has 0 amide bonds. The SMILES string of the molecule is CCC(=C(COc1ccc(F)cc1)N=N)N(C)Cc1cnc(C)nc1N. The molecule has 0 bridgehead atoms. The maximum atomic E-state index is 13.0. The van der Waals surface area contributed by atoms with Crippen molar-refractivity contribution in [2.45, 2.75) is 26.8 Å². The molecule has 138 valence electrons. The second-order valence-electron chi connectivity index (χ2n) is 5.79. The van der Waals surface area contributed by atoms with Crippen molar-refractivity contribution in [2.24, 2.45) is 5.11 Å². The number of halogens is 1. The summed E-state index contributed by atoms with van der Waals surface area (Å²) < 4.78 is 18.6. The number of aromatic nitrogens is 2. The highest BCUT2D eigenvalue weighted by Crippen LogP contribution is 2.20. The molecule has 1 aromatic heterocycles. The highest BCUT2D eigenvalue weighted by Gasteiger charge is 2.13. The summed E-state index contributed by atoms with van der Waals surface area (Å²) in [5.74, 6) is 1.24. The van der Waals surface area contributed by atoms with Crippen LogP contribution in [0.5, 0.6) is 5.75 Å². The number of nitrogens with two attached hydrogens (primary N) is 1. The Kier molecular flexibility index (Phi) is 6.60. The van der Waals surface area contributed by atoms with Crippen LogP contribution in [0.25, 0.3) is 0 Å². The molecule has 0 fully saturated rings. The second-order valence-corrected chi connectivity index (χ2v) is 5.79. The van der Waals surface area contributed by atoms with E-state index in [9.17, 15) is 4.39 Å². The van der Waals surface area contributed by atoms with Gasteiger partial charge in [0.25, 0.3) is 0 Å². The first-order valence-corrected chi connectivity index (χ1v) is 8.21. The first-order chi connectivity index (χ1) is 12.4. The molecule has 0 unspecified atom stereocenters. The summed E-state index contributed by atoms with van der Waals surface area (Å²) in [6.07, 6.45) is 2.36. The molecule has 0 aliphatic heterocycles. The van der Waals surface area contributed by atoms with Gasteiger partial charge in [-0.25, -0.2) is 19.9 Å². The average molecular weight is 358 g/mol.